The van der Waals surface area contributed by atoms with Crippen molar-refractivity contribution in [1.82, 2.24) is 5.32 Å². The molecular weight excluding hydrogens is 355 g/mol. The Morgan fingerprint density at radius 1 is 1.38 bits per heavy atom. The molecule has 0 aliphatic heterocycles. The molecule has 0 aliphatic carbocycles. The van der Waals surface area contributed by atoms with Crippen molar-refractivity contribution >= 4 is 29.9 Å². The fourth-order valence-corrected chi connectivity index (χ4v) is 2.34. The van der Waals surface area contributed by atoms with E-state index in [2.05, 4.69) is 5.32 Å². The van der Waals surface area contributed by atoms with Crippen LogP contribution in [0.1, 0.15) is 28.6 Å². The lowest BCUT2D eigenvalue weighted by Crippen LogP contribution is -2.22. The van der Waals surface area contributed by atoms with Gasteiger partial charge in [0.2, 0.25) is 0 Å². The minimum atomic E-state index is -0.252. The molecule has 1 aromatic carbocycles. The Morgan fingerprint density at radius 2 is 2.12 bits per heavy atom. The van der Waals surface area contributed by atoms with Crippen molar-refractivity contribution in [1.29, 1.82) is 0 Å². The van der Waals surface area contributed by atoms with E-state index < -0.39 is 0 Å². The summed E-state index contributed by atoms with van der Waals surface area (Å²) in [6.45, 7) is 2.89. The molecule has 1 aromatic heterocycles. The fraction of sp³-hybridized carbons (Fsp3) is 0.312. The quantitative estimate of drug-likeness (QED) is 0.777. The van der Waals surface area contributed by atoms with Crippen molar-refractivity contribution in [2.75, 3.05) is 13.7 Å². The summed E-state index contributed by atoms with van der Waals surface area (Å²) in [6.07, 6.45) is 1.38. The Morgan fingerprint density at radius 3 is 2.71 bits per heavy atom. The van der Waals surface area contributed by atoms with Gasteiger partial charge in [0.05, 0.1) is 30.8 Å². The number of nitrogens with one attached hydrogen (secondary N) is 1. The number of carbonyl (C=O) groups excluding carboxylic acids is 1. The van der Waals surface area contributed by atoms with E-state index in [1.54, 1.807) is 18.2 Å². The van der Waals surface area contributed by atoms with E-state index in [-0.39, 0.29) is 24.9 Å². The molecule has 0 radical (unpaired) electrons. The first-order valence-corrected chi connectivity index (χ1v) is 7.51. The Labute approximate surface area is 151 Å². The Hall–Kier alpha value is -1.89. The number of nitrogens with two attached hydrogens (primary N) is 1. The van der Waals surface area contributed by atoms with Crippen LogP contribution in [-0.4, -0.2) is 19.6 Å². The van der Waals surface area contributed by atoms with Gasteiger partial charge in [0.25, 0.3) is 5.91 Å². The van der Waals surface area contributed by atoms with Gasteiger partial charge >= 0.3 is 0 Å². The van der Waals surface area contributed by atoms with E-state index in [9.17, 15) is 4.79 Å². The molecule has 3 N–H and O–H groups in total. The molecule has 24 heavy (non-hydrogen) atoms. The number of amides is 1. The SMILES string of the molecule is CCOc1c(Cl)cc(CNC(=O)c2coc(CN)c2)cc1OC.Cl. The maximum atomic E-state index is 12.1. The molecule has 8 heteroatoms. The predicted molar refractivity (Wildman–Crippen MR) is 94.2 cm³/mol. The molecule has 1 heterocycles. The molecule has 0 bridgehead atoms. The van der Waals surface area contributed by atoms with E-state index in [1.807, 2.05) is 6.92 Å². The number of hydrogen-bond acceptors (Lipinski definition) is 5. The van der Waals surface area contributed by atoms with Crippen molar-refractivity contribution < 1.29 is 18.7 Å². The molecule has 0 saturated heterocycles. The topological polar surface area (TPSA) is 86.7 Å². The van der Waals surface area contributed by atoms with Crippen LogP contribution in [0.5, 0.6) is 11.5 Å². The molecule has 2 aromatic rings. The summed E-state index contributed by atoms with van der Waals surface area (Å²) in [5.74, 6) is 1.32. The molecule has 0 fully saturated rings. The third-order valence-corrected chi connectivity index (χ3v) is 3.43. The molecule has 0 spiro atoms. The van der Waals surface area contributed by atoms with Crippen LogP contribution in [0.25, 0.3) is 0 Å². The summed E-state index contributed by atoms with van der Waals surface area (Å²) in [5.41, 5.74) is 6.67. The highest BCUT2D eigenvalue weighted by molar-refractivity contribution is 6.32. The molecule has 1 amide bonds. The second-order valence-electron chi connectivity index (χ2n) is 4.73. The first-order valence-electron chi connectivity index (χ1n) is 7.13. The predicted octanol–water partition coefficient (Wildman–Crippen LogP) is 3.15. The van der Waals surface area contributed by atoms with Gasteiger partial charge in [0.1, 0.15) is 12.0 Å². The maximum absolute atomic E-state index is 12.1. The van der Waals surface area contributed by atoms with Crippen molar-refractivity contribution in [3.05, 3.63) is 46.4 Å². The molecule has 6 nitrogen and oxygen atoms in total. The van der Waals surface area contributed by atoms with Crippen molar-refractivity contribution in [3.63, 3.8) is 0 Å². The summed E-state index contributed by atoms with van der Waals surface area (Å²) in [6, 6.07) is 5.12. The summed E-state index contributed by atoms with van der Waals surface area (Å²) in [4.78, 5) is 12.1. The highest BCUT2D eigenvalue weighted by Gasteiger charge is 2.13. The summed E-state index contributed by atoms with van der Waals surface area (Å²) >= 11 is 6.20. The minimum absolute atomic E-state index is 0. The standard InChI is InChI=1S/C16H19ClN2O4.ClH/c1-3-22-15-13(17)4-10(5-14(15)21-2)8-19-16(20)11-6-12(7-18)23-9-11;/h4-6,9H,3,7-8,18H2,1-2H3,(H,19,20);1H. The Bertz CT molecular complexity index is 689. The second kappa shape index (κ2) is 9.42. The van der Waals surface area contributed by atoms with E-state index in [4.69, 9.17) is 31.2 Å². The first kappa shape index (κ1) is 20.2. The highest BCUT2D eigenvalue weighted by Crippen LogP contribution is 2.36. The average molecular weight is 375 g/mol. The van der Waals surface area contributed by atoms with Crippen molar-refractivity contribution in [2.24, 2.45) is 5.73 Å². The number of rotatable bonds is 7. The van der Waals surface area contributed by atoms with E-state index in [0.717, 1.165) is 5.56 Å². The molecule has 132 valence electrons. The van der Waals surface area contributed by atoms with Gasteiger partial charge in [-0.05, 0) is 30.7 Å². The summed E-state index contributed by atoms with van der Waals surface area (Å²) in [5, 5.41) is 3.22. The van der Waals surface area contributed by atoms with Crippen LogP contribution >= 0.6 is 24.0 Å². The average Bonchev–Trinajstić information content (AvgIpc) is 3.04. The first-order chi connectivity index (χ1) is 11.1. The zero-order chi connectivity index (χ0) is 16.8. The smallest absolute Gasteiger partial charge is 0.254 e. The van der Waals surface area contributed by atoms with Gasteiger partial charge in [0, 0.05) is 6.54 Å². The number of benzene rings is 1. The van der Waals surface area contributed by atoms with Crippen molar-refractivity contribution in [3.8, 4) is 11.5 Å². The van der Waals surface area contributed by atoms with Crippen LogP contribution in [0.3, 0.4) is 0 Å². The van der Waals surface area contributed by atoms with Crippen LogP contribution in [0.15, 0.2) is 28.9 Å². The number of furan rings is 1. The van der Waals surface area contributed by atoms with Gasteiger partial charge in [0.15, 0.2) is 11.5 Å². The normalized spacial score (nSPS) is 10.0. The maximum Gasteiger partial charge on any atom is 0.254 e. The van der Waals surface area contributed by atoms with Crippen LogP contribution in [-0.2, 0) is 13.1 Å². The van der Waals surface area contributed by atoms with Crippen molar-refractivity contribution in [2.45, 2.75) is 20.0 Å². The summed E-state index contributed by atoms with van der Waals surface area (Å²) in [7, 11) is 1.54. The number of ether oxygens (including phenoxy) is 2. The van der Waals surface area contributed by atoms with Gasteiger partial charge in [-0.15, -0.1) is 12.4 Å². The van der Waals surface area contributed by atoms with E-state index >= 15 is 0 Å². The second-order valence-corrected chi connectivity index (χ2v) is 5.14. The van der Waals surface area contributed by atoms with Crippen LogP contribution in [0, 0.1) is 0 Å². The van der Waals surface area contributed by atoms with Gasteiger partial charge in [-0.1, -0.05) is 11.6 Å². The lowest BCUT2D eigenvalue weighted by molar-refractivity contribution is 0.0950. The highest BCUT2D eigenvalue weighted by atomic mass is 35.5. The molecular formula is C16H20Cl2N2O4. The zero-order valence-corrected chi connectivity index (χ0v) is 15.0. The molecule has 0 aliphatic rings. The van der Waals surface area contributed by atoms with Gasteiger partial charge in [-0.2, -0.15) is 0 Å². The Kier molecular flexibility index (Phi) is 7.91. The van der Waals surface area contributed by atoms with E-state index in [0.29, 0.717) is 41.0 Å². The largest absolute Gasteiger partial charge is 0.493 e. The minimum Gasteiger partial charge on any atom is -0.493 e. The third kappa shape index (κ3) is 4.80. The zero-order valence-electron chi connectivity index (χ0n) is 13.4. The number of methoxy groups -OCH3 is 1. The monoisotopic (exact) mass is 374 g/mol. The number of halogens is 2. The molecule has 2 rings (SSSR count). The van der Waals surface area contributed by atoms with Gasteiger partial charge in [-0.25, -0.2) is 0 Å². The van der Waals surface area contributed by atoms with E-state index in [1.165, 1.54) is 13.4 Å². The number of carbonyl (C=O) groups is 1. The fourth-order valence-electron chi connectivity index (χ4n) is 2.05. The number of hydrogen-bond donors (Lipinski definition) is 2. The van der Waals surface area contributed by atoms with Crippen LogP contribution in [0.2, 0.25) is 5.02 Å². The molecule has 0 unspecified atom stereocenters. The summed E-state index contributed by atoms with van der Waals surface area (Å²) < 4.78 is 15.9. The Balaban J connectivity index is 0.00000288. The third-order valence-electron chi connectivity index (χ3n) is 3.15. The van der Waals surface area contributed by atoms with Crippen LogP contribution in [0.4, 0.5) is 0 Å². The molecule has 0 atom stereocenters. The van der Waals surface area contributed by atoms with Crippen LogP contribution < -0.4 is 20.5 Å². The van der Waals surface area contributed by atoms with Gasteiger partial charge in [-0.3, -0.25) is 4.79 Å². The lowest BCUT2D eigenvalue weighted by Gasteiger charge is -2.13. The van der Waals surface area contributed by atoms with Gasteiger partial charge < -0.3 is 24.9 Å². The lowest BCUT2D eigenvalue weighted by atomic mass is 10.2. The molecule has 0 saturated carbocycles.